The normalized spacial score (nSPS) is 16.6. The Morgan fingerprint density at radius 3 is 2.82 bits per heavy atom. The second-order valence-corrected chi connectivity index (χ2v) is 7.12. The number of hydrogen-bond donors (Lipinski definition) is 1. The van der Waals surface area contributed by atoms with Crippen LogP contribution in [0.3, 0.4) is 0 Å². The van der Waals surface area contributed by atoms with Crippen LogP contribution in [0, 0.1) is 5.92 Å². The van der Waals surface area contributed by atoms with Gasteiger partial charge in [-0.1, -0.05) is 25.1 Å². The van der Waals surface area contributed by atoms with Gasteiger partial charge in [-0.05, 0) is 49.0 Å². The van der Waals surface area contributed by atoms with Crippen LogP contribution in [-0.4, -0.2) is 25.7 Å². The minimum Gasteiger partial charge on any atom is -0.308 e. The molecular formula is C21H21N5O2. The van der Waals surface area contributed by atoms with Crippen LogP contribution in [0.4, 0.5) is 5.82 Å². The van der Waals surface area contributed by atoms with Crippen LogP contribution in [0.5, 0.6) is 0 Å². The lowest BCUT2D eigenvalue weighted by atomic mass is 9.90. The molecule has 0 radical (unpaired) electrons. The molecule has 28 heavy (non-hydrogen) atoms. The number of allylic oxidation sites excluding steroid dienone is 2. The van der Waals surface area contributed by atoms with Crippen molar-refractivity contribution in [3.63, 3.8) is 0 Å². The highest BCUT2D eigenvalue weighted by atomic mass is 16.2. The van der Waals surface area contributed by atoms with E-state index in [0.29, 0.717) is 17.3 Å². The van der Waals surface area contributed by atoms with Crippen molar-refractivity contribution in [3.8, 4) is 0 Å². The molecule has 0 aliphatic heterocycles. The Kier molecular flexibility index (Phi) is 4.97. The minimum absolute atomic E-state index is 0.176. The van der Waals surface area contributed by atoms with Crippen LogP contribution in [0.25, 0.3) is 16.6 Å². The van der Waals surface area contributed by atoms with E-state index in [9.17, 15) is 9.59 Å². The number of fused-ring (bicyclic) bond motifs is 1. The molecular weight excluding hydrogens is 354 g/mol. The van der Waals surface area contributed by atoms with Crippen molar-refractivity contribution in [3.05, 3.63) is 64.7 Å². The molecule has 4 rings (SSSR count). The molecule has 0 saturated carbocycles. The fourth-order valence-corrected chi connectivity index (χ4v) is 3.27. The molecule has 1 N–H and O–H groups in total. The monoisotopic (exact) mass is 375 g/mol. The van der Waals surface area contributed by atoms with E-state index >= 15 is 0 Å². The molecule has 1 unspecified atom stereocenters. The third kappa shape index (κ3) is 3.98. The zero-order valence-electron chi connectivity index (χ0n) is 15.6. The molecule has 7 nitrogen and oxygen atoms in total. The number of rotatable bonds is 4. The predicted octanol–water partition coefficient (Wildman–Crippen LogP) is 3.03. The highest BCUT2D eigenvalue weighted by Gasteiger charge is 2.14. The Labute approximate surface area is 162 Å². The standard InChI is InChI=1S/C21H21N5O2/c1-14-6-8-15(9-7-14)16-10-11-21(28)26(25-16)13-20(27)24-19-12-22-17-4-2-3-5-18(17)23-19/h2-5,8,10-12,14H,6-7,9,13H2,1H3,(H,23,24,27). The van der Waals surface area contributed by atoms with Crippen LogP contribution >= 0.6 is 0 Å². The first kappa shape index (κ1) is 18.0. The van der Waals surface area contributed by atoms with Crippen LogP contribution in [0.2, 0.25) is 0 Å². The van der Waals surface area contributed by atoms with Gasteiger partial charge in [0.25, 0.3) is 5.56 Å². The van der Waals surface area contributed by atoms with Crippen molar-refractivity contribution >= 4 is 28.3 Å². The van der Waals surface area contributed by atoms with E-state index in [2.05, 4.69) is 33.4 Å². The minimum atomic E-state index is -0.373. The molecule has 142 valence electrons. The topological polar surface area (TPSA) is 89.8 Å². The summed E-state index contributed by atoms with van der Waals surface area (Å²) in [5.74, 6) is 0.642. The Hall–Kier alpha value is -3.35. The van der Waals surface area contributed by atoms with E-state index in [0.717, 1.165) is 36.0 Å². The average Bonchev–Trinajstić information content (AvgIpc) is 2.70. The molecule has 2 aromatic heterocycles. The lowest BCUT2D eigenvalue weighted by molar-refractivity contribution is -0.117. The van der Waals surface area contributed by atoms with Gasteiger partial charge in [0.2, 0.25) is 5.91 Å². The second-order valence-electron chi connectivity index (χ2n) is 7.12. The summed E-state index contributed by atoms with van der Waals surface area (Å²) in [6.45, 7) is 2.05. The zero-order valence-corrected chi connectivity index (χ0v) is 15.6. The lowest BCUT2D eigenvalue weighted by Crippen LogP contribution is -2.30. The highest BCUT2D eigenvalue weighted by molar-refractivity contribution is 5.90. The molecule has 3 aromatic rings. The summed E-state index contributed by atoms with van der Waals surface area (Å²) in [7, 11) is 0. The zero-order chi connectivity index (χ0) is 19.5. The molecule has 7 heteroatoms. The second kappa shape index (κ2) is 7.72. The third-order valence-electron chi connectivity index (χ3n) is 4.88. The smallest absolute Gasteiger partial charge is 0.267 e. The Morgan fingerprint density at radius 2 is 2.04 bits per heavy atom. The number of carbonyl (C=O) groups is 1. The fraction of sp³-hybridized carbons (Fsp3) is 0.286. The van der Waals surface area contributed by atoms with Gasteiger partial charge in [0, 0.05) is 6.07 Å². The summed E-state index contributed by atoms with van der Waals surface area (Å²) in [4.78, 5) is 33.2. The van der Waals surface area contributed by atoms with Gasteiger partial charge in [-0.25, -0.2) is 9.67 Å². The molecule has 0 fully saturated rings. The van der Waals surface area contributed by atoms with Crippen molar-refractivity contribution in [1.29, 1.82) is 0 Å². The number of carbonyl (C=O) groups excluding carboxylic acids is 1. The van der Waals surface area contributed by atoms with Gasteiger partial charge in [0.1, 0.15) is 6.54 Å². The van der Waals surface area contributed by atoms with Crippen molar-refractivity contribution in [2.24, 2.45) is 5.92 Å². The molecule has 2 heterocycles. The first-order valence-corrected chi connectivity index (χ1v) is 9.38. The van der Waals surface area contributed by atoms with Gasteiger partial charge < -0.3 is 5.32 Å². The Balaban J connectivity index is 1.50. The maximum absolute atomic E-state index is 12.4. The Bertz CT molecular complexity index is 1120. The van der Waals surface area contributed by atoms with E-state index in [1.54, 1.807) is 6.07 Å². The van der Waals surface area contributed by atoms with E-state index in [4.69, 9.17) is 0 Å². The first-order chi connectivity index (χ1) is 13.6. The van der Waals surface area contributed by atoms with Gasteiger partial charge >= 0.3 is 0 Å². The summed E-state index contributed by atoms with van der Waals surface area (Å²) in [5, 5.41) is 7.08. The predicted molar refractivity (Wildman–Crippen MR) is 108 cm³/mol. The van der Waals surface area contributed by atoms with Gasteiger partial charge in [-0.15, -0.1) is 0 Å². The van der Waals surface area contributed by atoms with Gasteiger partial charge in [-0.3, -0.25) is 14.6 Å². The molecule has 1 atom stereocenters. The first-order valence-electron chi connectivity index (χ1n) is 9.38. The maximum Gasteiger partial charge on any atom is 0.267 e. The number of benzene rings is 1. The number of anilines is 1. The van der Waals surface area contributed by atoms with E-state index in [-0.39, 0.29) is 18.0 Å². The lowest BCUT2D eigenvalue weighted by Gasteiger charge is -2.18. The maximum atomic E-state index is 12.4. The van der Waals surface area contributed by atoms with E-state index < -0.39 is 0 Å². The number of hydrogen-bond acceptors (Lipinski definition) is 5. The quantitative estimate of drug-likeness (QED) is 0.757. The third-order valence-corrected chi connectivity index (χ3v) is 4.88. The molecule has 1 amide bonds. The summed E-state index contributed by atoms with van der Waals surface area (Å²) >= 11 is 0. The van der Waals surface area contributed by atoms with Gasteiger partial charge in [-0.2, -0.15) is 5.10 Å². The molecule has 1 aliphatic rings. The SMILES string of the molecule is CC1CC=C(c2ccc(=O)n(CC(=O)Nc3cnc4ccccc4n3)n2)CC1. The molecule has 1 aromatic carbocycles. The fourth-order valence-electron chi connectivity index (χ4n) is 3.27. The van der Waals surface area contributed by atoms with E-state index in [1.807, 2.05) is 24.3 Å². The Morgan fingerprint density at radius 1 is 1.21 bits per heavy atom. The van der Waals surface area contributed by atoms with Crippen LogP contribution in [-0.2, 0) is 11.3 Å². The highest BCUT2D eigenvalue weighted by Crippen LogP contribution is 2.28. The van der Waals surface area contributed by atoms with Crippen molar-refractivity contribution < 1.29 is 4.79 Å². The number of aromatic nitrogens is 4. The summed E-state index contributed by atoms with van der Waals surface area (Å²) in [6.07, 6.45) is 6.73. The molecule has 1 aliphatic carbocycles. The van der Waals surface area contributed by atoms with Gasteiger partial charge in [0.05, 0.1) is 22.9 Å². The van der Waals surface area contributed by atoms with Crippen LogP contribution in [0.15, 0.2) is 53.5 Å². The number of amides is 1. The average molecular weight is 375 g/mol. The van der Waals surface area contributed by atoms with Crippen LogP contribution < -0.4 is 10.9 Å². The van der Waals surface area contributed by atoms with Crippen LogP contribution in [0.1, 0.15) is 31.9 Å². The largest absolute Gasteiger partial charge is 0.308 e. The number of nitrogens with one attached hydrogen (secondary N) is 1. The summed E-state index contributed by atoms with van der Waals surface area (Å²) in [5.41, 5.74) is 3.02. The molecule has 0 bridgehead atoms. The molecule has 0 saturated heterocycles. The van der Waals surface area contributed by atoms with Crippen molar-refractivity contribution in [1.82, 2.24) is 19.7 Å². The van der Waals surface area contributed by atoms with E-state index in [1.165, 1.54) is 16.9 Å². The van der Waals surface area contributed by atoms with Gasteiger partial charge in [0.15, 0.2) is 5.82 Å². The van der Waals surface area contributed by atoms with Crippen molar-refractivity contribution in [2.75, 3.05) is 5.32 Å². The number of para-hydroxylation sites is 2. The molecule has 0 spiro atoms. The van der Waals surface area contributed by atoms with Crippen molar-refractivity contribution in [2.45, 2.75) is 32.7 Å². The summed E-state index contributed by atoms with van der Waals surface area (Å²) < 4.78 is 1.19. The number of nitrogens with zero attached hydrogens (tertiary/aromatic N) is 4. The summed E-state index contributed by atoms with van der Waals surface area (Å²) in [6, 6.07) is 10.6.